The van der Waals surface area contributed by atoms with Crippen molar-refractivity contribution in [1.29, 1.82) is 0 Å². The van der Waals surface area contributed by atoms with Crippen LogP contribution in [0.15, 0.2) is 30.3 Å². The number of amides is 1. The molecule has 120 valence electrons. The van der Waals surface area contributed by atoms with Gasteiger partial charge in [-0.05, 0) is 36.7 Å². The van der Waals surface area contributed by atoms with Crippen molar-refractivity contribution in [2.45, 2.75) is 58.0 Å². The van der Waals surface area contributed by atoms with E-state index in [1.165, 1.54) is 38.5 Å². The molecule has 2 fully saturated rings. The van der Waals surface area contributed by atoms with E-state index in [-0.39, 0.29) is 6.09 Å². The van der Waals surface area contributed by atoms with Crippen LogP contribution < -0.4 is 0 Å². The second-order valence-electron chi connectivity index (χ2n) is 6.94. The molecule has 0 bridgehead atoms. The Balaban J connectivity index is 1.47. The molecule has 0 atom stereocenters. The SMILES string of the molecule is O=C(OCc1ccccc1)N1CCC2(CCCCCC2)CC1. The van der Waals surface area contributed by atoms with Gasteiger partial charge in [0.1, 0.15) is 6.61 Å². The molecular weight excluding hydrogens is 274 g/mol. The van der Waals surface area contributed by atoms with E-state index in [0.29, 0.717) is 12.0 Å². The van der Waals surface area contributed by atoms with Gasteiger partial charge < -0.3 is 9.64 Å². The summed E-state index contributed by atoms with van der Waals surface area (Å²) in [5, 5.41) is 0. The van der Waals surface area contributed by atoms with E-state index in [4.69, 9.17) is 4.74 Å². The summed E-state index contributed by atoms with van der Waals surface area (Å²) in [7, 11) is 0. The van der Waals surface area contributed by atoms with E-state index in [9.17, 15) is 4.79 Å². The van der Waals surface area contributed by atoms with Crippen LogP contribution in [0.3, 0.4) is 0 Å². The number of benzene rings is 1. The fourth-order valence-corrected chi connectivity index (χ4v) is 3.95. The molecule has 1 aliphatic carbocycles. The normalized spacial score (nSPS) is 21.4. The van der Waals surface area contributed by atoms with Gasteiger partial charge in [0.25, 0.3) is 0 Å². The molecule has 3 rings (SSSR count). The third-order valence-corrected chi connectivity index (χ3v) is 5.45. The number of rotatable bonds is 2. The fourth-order valence-electron chi connectivity index (χ4n) is 3.95. The molecule has 1 aromatic rings. The number of carbonyl (C=O) groups excluding carboxylic acids is 1. The number of nitrogens with zero attached hydrogens (tertiary/aromatic N) is 1. The van der Waals surface area contributed by atoms with Gasteiger partial charge >= 0.3 is 6.09 Å². The Hall–Kier alpha value is -1.51. The molecule has 2 aliphatic rings. The van der Waals surface area contributed by atoms with Crippen LogP contribution in [0.2, 0.25) is 0 Å². The van der Waals surface area contributed by atoms with Gasteiger partial charge in [0, 0.05) is 13.1 Å². The minimum Gasteiger partial charge on any atom is -0.445 e. The zero-order chi connectivity index (χ0) is 15.3. The molecule has 0 aromatic heterocycles. The quantitative estimate of drug-likeness (QED) is 0.788. The van der Waals surface area contributed by atoms with E-state index in [1.54, 1.807) is 0 Å². The van der Waals surface area contributed by atoms with Crippen LogP contribution in [0, 0.1) is 5.41 Å². The van der Waals surface area contributed by atoms with E-state index >= 15 is 0 Å². The molecule has 1 aliphatic heterocycles. The third-order valence-electron chi connectivity index (χ3n) is 5.45. The van der Waals surface area contributed by atoms with Gasteiger partial charge in [-0.1, -0.05) is 56.0 Å². The first-order chi connectivity index (χ1) is 10.8. The lowest BCUT2D eigenvalue weighted by Gasteiger charge is -2.41. The molecule has 0 N–H and O–H groups in total. The largest absolute Gasteiger partial charge is 0.445 e. The summed E-state index contributed by atoms with van der Waals surface area (Å²) in [6.45, 7) is 2.11. The lowest BCUT2D eigenvalue weighted by atomic mass is 9.73. The number of ether oxygens (including phenoxy) is 1. The van der Waals surface area contributed by atoms with Gasteiger partial charge in [0.05, 0.1) is 0 Å². The second-order valence-corrected chi connectivity index (χ2v) is 6.94. The maximum absolute atomic E-state index is 12.2. The highest BCUT2D eigenvalue weighted by molar-refractivity contribution is 5.67. The molecule has 0 radical (unpaired) electrons. The first-order valence-electron chi connectivity index (χ1n) is 8.73. The highest BCUT2D eigenvalue weighted by Crippen LogP contribution is 2.43. The van der Waals surface area contributed by atoms with Gasteiger partial charge in [-0.15, -0.1) is 0 Å². The highest BCUT2D eigenvalue weighted by Gasteiger charge is 2.36. The summed E-state index contributed by atoms with van der Waals surface area (Å²) < 4.78 is 5.45. The van der Waals surface area contributed by atoms with Crippen molar-refractivity contribution in [1.82, 2.24) is 4.90 Å². The van der Waals surface area contributed by atoms with Gasteiger partial charge in [0.2, 0.25) is 0 Å². The van der Waals surface area contributed by atoms with Gasteiger partial charge in [-0.2, -0.15) is 0 Å². The summed E-state index contributed by atoms with van der Waals surface area (Å²) in [6.07, 6.45) is 10.4. The first-order valence-corrected chi connectivity index (χ1v) is 8.73. The molecule has 1 amide bonds. The van der Waals surface area contributed by atoms with Crippen LogP contribution >= 0.6 is 0 Å². The van der Waals surface area contributed by atoms with Gasteiger partial charge in [-0.25, -0.2) is 4.79 Å². The Morgan fingerprint density at radius 1 is 0.955 bits per heavy atom. The Kier molecular flexibility index (Phi) is 5.01. The van der Waals surface area contributed by atoms with Gasteiger partial charge in [-0.3, -0.25) is 0 Å². The van der Waals surface area contributed by atoms with Crippen molar-refractivity contribution in [2.75, 3.05) is 13.1 Å². The van der Waals surface area contributed by atoms with Crippen molar-refractivity contribution >= 4 is 6.09 Å². The predicted molar refractivity (Wildman–Crippen MR) is 87.6 cm³/mol. The van der Waals surface area contributed by atoms with Crippen LogP contribution in [0.1, 0.15) is 56.9 Å². The van der Waals surface area contributed by atoms with Crippen molar-refractivity contribution in [3.63, 3.8) is 0 Å². The number of likely N-dealkylation sites (tertiary alicyclic amines) is 1. The lowest BCUT2D eigenvalue weighted by Crippen LogP contribution is -2.43. The molecule has 0 unspecified atom stereocenters. The lowest BCUT2D eigenvalue weighted by molar-refractivity contribution is 0.0553. The standard InChI is InChI=1S/C19H27NO2/c21-18(22-16-17-8-4-3-5-9-17)20-14-12-19(13-15-20)10-6-1-2-7-11-19/h3-5,8-9H,1-2,6-7,10-16H2. The molecule has 3 nitrogen and oxygen atoms in total. The zero-order valence-corrected chi connectivity index (χ0v) is 13.4. The Labute approximate surface area is 133 Å². The summed E-state index contributed by atoms with van der Waals surface area (Å²) >= 11 is 0. The predicted octanol–water partition coefficient (Wildman–Crippen LogP) is 4.76. The molecule has 3 heteroatoms. The summed E-state index contributed by atoms with van der Waals surface area (Å²) in [4.78, 5) is 14.1. The van der Waals surface area contributed by atoms with Crippen LogP contribution in [0.25, 0.3) is 0 Å². The maximum Gasteiger partial charge on any atom is 0.410 e. The molecule has 1 spiro atoms. The van der Waals surface area contributed by atoms with Crippen LogP contribution in [0.5, 0.6) is 0 Å². The molecule has 1 saturated carbocycles. The molecule has 1 saturated heterocycles. The highest BCUT2D eigenvalue weighted by atomic mass is 16.6. The van der Waals surface area contributed by atoms with Crippen molar-refractivity contribution < 1.29 is 9.53 Å². The van der Waals surface area contributed by atoms with Crippen molar-refractivity contribution in [2.24, 2.45) is 5.41 Å². The number of hydrogen-bond acceptors (Lipinski definition) is 2. The topological polar surface area (TPSA) is 29.5 Å². The zero-order valence-electron chi connectivity index (χ0n) is 13.4. The third kappa shape index (κ3) is 3.82. The summed E-state index contributed by atoms with van der Waals surface area (Å²) in [6, 6.07) is 9.90. The molecule has 1 heterocycles. The molecular formula is C19H27NO2. The minimum atomic E-state index is -0.146. The van der Waals surface area contributed by atoms with Crippen LogP contribution in [0.4, 0.5) is 4.79 Å². The summed E-state index contributed by atoms with van der Waals surface area (Å²) in [5.41, 5.74) is 1.57. The van der Waals surface area contributed by atoms with E-state index in [1.807, 2.05) is 35.2 Å². The van der Waals surface area contributed by atoms with Crippen LogP contribution in [-0.4, -0.2) is 24.1 Å². The Morgan fingerprint density at radius 2 is 1.59 bits per heavy atom. The number of hydrogen-bond donors (Lipinski definition) is 0. The molecule has 22 heavy (non-hydrogen) atoms. The van der Waals surface area contributed by atoms with E-state index in [0.717, 1.165) is 31.5 Å². The smallest absolute Gasteiger partial charge is 0.410 e. The van der Waals surface area contributed by atoms with Crippen molar-refractivity contribution in [3.8, 4) is 0 Å². The average molecular weight is 301 g/mol. The number of piperidine rings is 1. The minimum absolute atomic E-state index is 0.146. The monoisotopic (exact) mass is 301 g/mol. The molecule has 1 aromatic carbocycles. The first kappa shape index (κ1) is 15.4. The fraction of sp³-hybridized carbons (Fsp3) is 0.632. The van der Waals surface area contributed by atoms with Gasteiger partial charge in [0.15, 0.2) is 0 Å². The van der Waals surface area contributed by atoms with E-state index < -0.39 is 0 Å². The second kappa shape index (κ2) is 7.17. The number of carbonyl (C=O) groups is 1. The van der Waals surface area contributed by atoms with Crippen molar-refractivity contribution in [3.05, 3.63) is 35.9 Å². The maximum atomic E-state index is 12.2. The van der Waals surface area contributed by atoms with Crippen LogP contribution in [-0.2, 0) is 11.3 Å². The Morgan fingerprint density at radius 3 is 2.23 bits per heavy atom. The average Bonchev–Trinajstić information content (AvgIpc) is 2.80. The summed E-state index contributed by atoms with van der Waals surface area (Å²) in [5.74, 6) is 0. The Bertz CT molecular complexity index is 467. The van der Waals surface area contributed by atoms with E-state index in [2.05, 4.69) is 0 Å².